The van der Waals surface area contributed by atoms with Crippen LogP contribution in [-0.4, -0.2) is 38.1 Å². The molecule has 1 aliphatic rings. The molecule has 0 spiro atoms. The van der Waals surface area contributed by atoms with Gasteiger partial charge in [0.25, 0.3) is 0 Å². The molecule has 1 fully saturated rings. The summed E-state index contributed by atoms with van der Waals surface area (Å²) in [5.74, 6) is 0.629. The second kappa shape index (κ2) is 5.42. The fourth-order valence-corrected chi connectivity index (χ4v) is 2.61. The maximum atomic E-state index is 10.2. The van der Waals surface area contributed by atoms with E-state index in [4.69, 9.17) is 0 Å². The van der Waals surface area contributed by atoms with Crippen LogP contribution >= 0.6 is 11.8 Å². The lowest BCUT2D eigenvalue weighted by atomic mass is 10.0. The van der Waals surface area contributed by atoms with Gasteiger partial charge in [-0.2, -0.15) is 0 Å². The predicted octanol–water partition coefficient (Wildman–Crippen LogP) is 1.41. The zero-order valence-electron chi connectivity index (χ0n) is 10.7. The summed E-state index contributed by atoms with van der Waals surface area (Å²) in [7, 11) is 0. The number of thioether (sulfide) groups is 1. The highest BCUT2D eigenvalue weighted by Crippen LogP contribution is 2.32. The van der Waals surface area contributed by atoms with Crippen LogP contribution in [0.5, 0.6) is 0 Å². The van der Waals surface area contributed by atoms with E-state index in [9.17, 15) is 10.2 Å². The van der Waals surface area contributed by atoms with Crippen LogP contribution in [0, 0.1) is 0 Å². The number of anilines is 1. The van der Waals surface area contributed by atoms with E-state index in [2.05, 4.69) is 15.3 Å². The van der Waals surface area contributed by atoms with Gasteiger partial charge in [-0.05, 0) is 32.4 Å². The van der Waals surface area contributed by atoms with Crippen molar-refractivity contribution >= 4 is 17.6 Å². The first-order chi connectivity index (χ1) is 8.56. The van der Waals surface area contributed by atoms with Gasteiger partial charge in [0.05, 0.1) is 18.2 Å². The third kappa shape index (κ3) is 2.76. The van der Waals surface area contributed by atoms with Gasteiger partial charge in [-0.15, -0.1) is 0 Å². The number of nitrogens with zero attached hydrogens (tertiary/aromatic N) is 2. The zero-order valence-corrected chi connectivity index (χ0v) is 11.5. The molecule has 1 aromatic heterocycles. The molecule has 3 N–H and O–H groups in total. The van der Waals surface area contributed by atoms with Crippen LogP contribution in [0.15, 0.2) is 11.4 Å². The number of aromatic nitrogens is 2. The summed E-state index contributed by atoms with van der Waals surface area (Å²) in [6.07, 6.45) is 6.24. The highest BCUT2D eigenvalue weighted by atomic mass is 32.2. The highest BCUT2D eigenvalue weighted by molar-refractivity contribution is 7.98. The van der Waals surface area contributed by atoms with Crippen LogP contribution in [0.3, 0.4) is 0 Å². The van der Waals surface area contributed by atoms with Crippen molar-refractivity contribution < 1.29 is 10.2 Å². The van der Waals surface area contributed by atoms with E-state index < -0.39 is 5.60 Å². The molecule has 0 unspecified atom stereocenters. The molecule has 100 valence electrons. The molecule has 0 aliphatic heterocycles. The predicted molar refractivity (Wildman–Crippen MR) is 71.6 cm³/mol. The van der Waals surface area contributed by atoms with Gasteiger partial charge in [0, 0.05) is 11.8 Å². The van der Waals surface area contributed by atoms with Gasteiger partial charge >= 0.3 is 0 Å². The molecule has 1 aliphatic carbocycles. The van der Waals surface area contributed by atoms with Crippen molar-refractivity contribution in [1.29, 1.82) is 0 Å². The van der Waals surface area contributed by atoms with Crippen molar-refractivity contribution in [2.24, 2.45) is 0 Å². The number of hydrogen-bond donors (Lipinski definition) is 3. The average Bonchev–Trinajstić information content (AvgIpc) is 2.68. The van der Waals surface area contributed by atoms with E-state index in [-0.39, 0.29) is 12.6 Å². The Hall–Kier alpha value is -0.850. The van der Waals surface area contributed by atoms with Crippen molar-refractivity contribution in [3.63, 3.8) is 0 Å². The third-order valence-corrected chi connectivity index (χ3v) is 3.99. The van der Waals surface area contributed by atoms with E-state index in [0.29, 0.717) is 16.5 Å². The van der Waals surface area contributed by atoms with Crippen LogP contribution in [0.4, 0.5) is 5.82 Å². The van der Waals surface area contributed by atoms with Gasteiger partial charge in [-0.3, -0.25) is 0 Å². The van der Waals surface area contributed by atoms with Gasteiger partial charge in [0.15, 0.2) is 5.16 Å². The smallest absolute Gasteiger partial charge is 0.189 e. The van der Waals surface area contributed by atoms with E-state index in [1.54, 1.807) is 6.20 Å². The zero-order chi connectivity index (χ0) is 13.2. The Morgan fingerprint density at radius 1 is 1.61 bits per heavy atom. The van der Waals surface area contributed by atoms with Crippen LogP contribution in [0.1, 0.15) is 31.7 Å². The minimum absolute atomic E-state index is 0.0209. The summed E-state index contributed by atoms with van der Waals surface area (Å²) >= 11 is 1.45. The lowest BCUT2D eigenvalue weighted by molar-refractivity contribution is 0.0576. The topological polar surface area (TPSA) is 78.3 Å². The standard InChI is InChI=1S/C12H19N3O2S/c1-12(17)5-3-4-9(12)14-10-8(7-16)6-13-11(15-10)18-2/h6,9,16-17H,3-5,7H2,1-2H3,(H,13,14,15)/t9-,12-/m1/s1. The van der Waals surface area contributed by atoms with Crippen molar-refractivity contribution in [3.05, 3.63) is 11.8 Å². The fraction of sp³-hybridized carbons (Fsp3) is 0.667. The summed E-state index contributed by atoms with van der Waals surface area (Å²) in [5.41, 5.74) is -0.0486. The lowest BCUT2D eigenvalue weighted by Gasteiger charge is -2.27. The number of rotatable bonds is 4. The van der Waals surface area contributed by atoms with E-state index in [1.165, 1.54) is 11.8 Å². The Morgan fingerprint density at radius 3 is 2.94 bits per heavy atom. The van der Waals surface area contributed by atoms with Crippen LogP contribution in [-0.2, 0) is 6.61 Å². The van der Waals surface area contributed by atoms with Gasteiger partial charge in [-0.25, -0.2) is 9.97 Å². The maximum absolute atomic E-state index is 10.2. The van der Waals surface area contributed by atoms with Gasteiger partial charge in [0.2, 0.25) is 0 Å². The quantitative estimate of drug-likeness (QED) is 0.566. The second-order valence-electron chi connectivity index (χ2n) is 4.83. The molecule has 2 rings (SSSR count). The number of nitrogens with one attached hydrogen (secondary N) is 1. The first kappa shape index (κ1) is 13.6. The molecule has 0 amide bonds. The Balaban J connectivity index is 2.21. The Kier molecular flexibility index (Phi) is 4.09. The lowest BCUT2D eigenvalue weighted by Crippen LogP contribution is -2.39. The number of aliphatic hydroxyl groups excluding tert-OH is 1. The van der Waals surface area contributed by atoms with E-state index in [0.717, 1.165) is 19.3 Å². The third-order valence-electron chi connectivity index (χ3n) is 3.43. The largest absolute Gasteiger partial charge is 0.391 e. The van der Waals surface area contributed by atoms with Crippen LogP contribution in [0.25, 0.3) is 0 Å². The molecular weight excluding hydrogens is 250 g/mol. The minimum Gasteiger partial charge on any atom is -0.391 e. The molecule has 0 saturated heterocycles. The molecule has 1 aromatic rings. The van der Waals surface area contributed by atoms with E-state index in [1.807, 2.05) is 13.2 Å². The average molecular weight is 269 g/mol. The molecule has 6 heteroatoms. The van der Waals surface area contributed by atoms with Crippen LogP contribution in [0.2, 0.25) is 0 Å². The molecule has 18 heavy (non-hydrogen) atoms. The molecule has 0 radical (unpaired) electrons. The Labute approximate surface area is 111 Å². The van der Waals surface area contributed by atoms with E-state index >= 15 is 0 Å². The summed E-state index contributed by atoms with van der Waals surface area (Å²) in [6, 6.07) is -0.0209. The van der Waals surface area contributed by atoms with Gasteiger partial charge in [-0.1, -0.05) is 11.8 Å². The first-order valence-corrected chi connectivity index (χ1v) is 7.29. The van der Waals surface area contributed by atoms with Crippen LogP contribution < -0.4 is 5.32 Å². The molecule has 2 atom stereocenters. The summed E-state index contributed by atoms with van der Waals surface area (Å²) in [6.45, 7) is 1.73. The van der Waals surface area contributed by atoms with Gasteiger partial charge in [0.1, 0.15) is 5.82 Å². The first-order valence-electron chi connectivity index (χ1n) is 6.06. The van der Waals surface area contributed by atoms with Crippen molar-refractivity contribution in [2.75, 3.05) is 11.6 Å². The highest BCUT2D eigenvalue weighted by Gasteiger charge is 2.37. The normalized spacial score (nSPS) is 27.4. The summed E-state index contributed by atoms with van der Waals surface area (Å²) in [5, 5.41) is 23.4. The maximum Gasteiger partial charge on any atom is 0.189 e. The number of aliphatic hydroxyl groups is 2. The monoisotopic (exact) mass is 269 g/mol. The molecule has 0 aromatic carbocycles. The minimum atomic E-state index is -0.711. The SMILES string of the molecule is CSc1ncc(CO)c(N[C@@H]2CCC[C@@]2(C)O)n1. The summed E-state index contributed by atoms with van der Waals surface area (Å²) in [4.78, 5) is 8.49. The van der Waals surface area contributed by atoms with Crippen molar-refractivity contribution in [2.45, 2.75) is 49.6 Å². The fourth-order valence-electron chi connectivity index (χ4n) is 2.27. The van der Waals surface area contributed by atoms with Gasteiger partial charge < -0.3 is 15.5 Å². The Bertz CT molecular complexity index is 426. The number of hydrogen-bond acceptors (Lipinski definition) is 6. The molecule has 1 heterocycles. The molecular formula is C12H19N3O2S. The van der Waals surface area contributed by atoms with Crippen molar-refractivity contribution in [3.8, 4) is 0 Å². The summed E-state index contributed by atoms with van der Waals surface area (Å²) < 4.78 is 0. The van der Waals surface area contributed by atoms with Crippen molar-refractivity contribution in [1.82, 2.24) is 9.97 Å². The molecule has 0 bridgehead atoms. The molecule has 5 nitrogen and oxygen atoms in total. The Morgan fingerprint density at radius 2 is 2.39 bits per heavy atom. The molecule has 1 saturated carbocycles. The second-order valence-corrected chi connectivity index (χ2v) is 5.61.